The lowest BCUT2D eigenvalue weighted by Crippen LogP contribution is -2.38. The standard InChI is InChI=1S/C22H33N5O2/c1-5-29-15-7-14-23-22(24-16-18-10-12-20(28-4)13-11-18)25-17-19-8-6-9-21(26-19)27(2)3/h6,8-13H,5,7,14-17H2,1-4H3,(H2,23,24,25). The minimum atomic E-state index is 0.579. The summed E-state index contributed by atoms with van der Waals surface area (Å²) < 4.78 is 10.6. The van der Waals surface area contributed by atoms with Crippen molar-refractivity contribution in [1.82, 2.24) is 15.6 Å². The molecule has 0 saturated heterocycles. The van der Waals surface area contributed by atoms with Gasteiger partial charge in [-0.05, 0) is 43.2 Å². The third-order valence-electron chi connectivity index (χ3n) is 4.23. The number of aromatic nitrogens is 1. The van der Waals surface area contributed by atoms with Gasteiger partial charge in [-0.25, -0.2) is 9.98 Å². The Labute approximate surface area is 174 Å². The number of ether oxygens (including phenoxy) is 2. The molecule has 158 valence electrons. The fourth-order valence-corrected chi connectivity index (χ4v) is 2.59. The van der Waals surface area contributed by atoms with Crippen LogP contribution >= 0.6 is 0 Å². The highest BCUT2D eigenvalue weighted by molar-refractivity contribution is 5.79. The maximum Gasteiger partial charge on any atom is 0.191 e. The average Bonchev–Trinajstić information content (AvgIpc) is 2.75. The van der Waals surface area contributed by atoms with Gasteiger partial charge in [0.05, 0.1) is 25.9 Å². The normalized spacial score (nSPS) is 11.2. The van der Waals surface area contributed by atoms with Crippen molar-refractivity contribution >= 4 is 11.8 Å². The van der Waals surface area contributed by atoms with E-state index in [0.29, 0.717) is 13.1 Å². The Morgan fingerprint density at radius 1 is 1.10 bits per heavy atom. The van der Waals surface area contributed by atoms with Crippen LogP contribution in [0.1, 0.15) is 24.6 Å². The van der Waals surface area contributed by atoms with E-state index in [1.165, 1.54) is 0 Å². The summed E-state index contributed by atoms with van der Waals surface area (Å²) in [6.45, 7) is 5.45. The second kappa shape index (κ2) is 12.6. The molecule has 2 rings (SSSR count). The molecule has 0 radical (unpaired) electrons. The lowest BCUT2D eigenvalue weighted by molar-refractivity contribution is 0.145. The topological polar surface area (TPSA) is 71.0 Å². The van der Waals surface area contributed by atoms with Crippen LogP contribution in [-0.4, -0.2) is 51.9 Å². The highest BCUT2D eigenvalue weighted by Crippen LogP contribution is 2.12. The van der Waals surface area contributed by atoms with Gasteiger partial charge in [0, 0.05) is 33.9 Å². The molecule has 0 unspecified atom stereocenters. The third-order valence-corrected chi connectivity index (χ3v) is 4.23. The molecule has 0 saturated carbocycles. The highest BCUT2D eigenvalue weighted by Gasteiger charge is 2.03. The number of nitrogens with zero attached hydrogens (tertiary/aromatic N) is 3. The van der Waals surface area contributed by atoms with Gasteiger partial charge in [0.15, 0.2) is 5.96 Å². The summed E-state index contributed by atoms with van der Waals surface area (Å²) in [6.07, 6.45) is 0.922. The van der Waals surface area contributed by atoms with Crippen molar-refractivity contribution in [3.05, 3.63) is 53.7 Å². The zero-order valence-electron chi connectivity index (χ0n) is 17.9. The molecule has 2 aromatic rings. The van der Waals surface area contributed by atoms with Crippen LogP contribution < -0.4 is 20.3 Å². The minimum absolute atomic E-state index is 0.579. The quantitative estimate of drug-likeness (QED) is 0.344. The van der Waals surface area contributed by atoms with E-state index in [0.717, 1.165) is 55.0 Å². The van der Waals surface area contributed by atoms with Crippen molar-refractivity contribution in [2.45, 2.75) is 26.4 Å². The number of benzene rings is 1. The molecule has 1 aromatic heterocycles. The summed E-state index contributed by atoms with van der Waals surface area (Å²) >= 11 is 0. The first-order chi connectivity index (χ1) is 14.1. The first-order valence-corrected chi connectivity index (χ1v) is 9.98. The second-order valence-electron chi connectivity index (χ2n) is 6.73. The van der Waals surface area contributed by atoms with Crippen LogP contribution in [0.3, 0.4) is 0 Å². The lowest BCUT2D eigenvalue weighted by atomic mass is 10.2. The van der Waals surface area contributed by atoms with Gasteiger partial charge in [0.2, 0.25) is 0 Å². The molecule has 2 N–H and O–H groups in total. The van der Waals surface area contributed by atoms with Gasteiger partial charge in [-0.1, -0.05) is 18.2 Å². The summed E-state index contributed by atoms with van der Waals surface area (Å²) in [5.74, 6) is 2.54. The van der Waals surface area contributed by atoms with Crippen molar-refractivity contribution in [2.24, 2.45) is 4.99 Å². The number of rotatable bonds is 11. The average molecular weight is 400 g/mol. The molecule has 0 aliphatic heterocycles. The number of pyridine rings is 1. The Morgan fingerprint density at radius 3 is 2.59 bits per heavy atom. The Morgan fingerprint density at radius 2 is 1.90 bits per heavy atom. The minimum Gasteiger partial charge on any atom is -0.497 e. The van der Waals surface area contributed by atoms with Crippen molar-refractivity contribution in [1.29, 1.82) is 0 Å². The van der Waals surface area contributed by atoms with Crippen LogP contribution in [0.4, 0.5) is 5.82 Å². The van der Waals surface area contributed by atoms with Gasteiger partial charge in [-0.2, -0.15) is 0 Å². The molecule has 1 aromatic carbocycles. The van der Waals surface area contributed by atoms with E-state index < -0.39 is 0 Å². The Balaban J connectivity index is 1.98. The first-order valence-electron chi connectivity index (χ1n) is 9.98. The van der Waals surface area contributed by atoms with Crippen LogP contribution in [-0.2, 0) is 17.8 Å². The Kier molecular flexibility index (Phi) is 9.78. The number of hydrogen-bond donors (Lipinski definition) is 2. The third kappa shape index (κ3) is 8.39. The fraction of sp³-hybridized carbons (Fsp3) is 0.455. The summed E-state index contributed by atoms with van der Waals surface area (Å²) in [6, 6.07) is 14.0. The second-order valence-corrected chi connectivity index (χ2v) is 6.73. The van der Waals surface area contributed by atoms with Crippen molar-refractivity contribution in [3.8, 4) is 5.75 Å². The predicted octanol–water partition coefficient (Wildman–Crippen LogP) is 2.82. The van der Waals surface area contributed by atoms with Gasteiger partial charge >= 0.3 is 0 Å². The fourth-order valence-electron chi connectivity index (χ4n) is 2.59. The van der Waals surface area contributed by atoms with Crippen molar-refractivity contribution < 1.29 is 9.47 Å². The zero-order chi connectivity index (χ0) is 20.9. The number of methoxy groups -OCH3 is 1. The first kappa shape index (κ1) is 22.5. The molecule has 0 bridgehead atoms. The molecule has 7 nitrogen and oxygen atoms in total. The Hall–Kier alpha value is -2.80. The maximum absolute atomic E-state index is 5.40. The van der Waals surface area contributed by atoms with E-state index in [1.807, 2.05) is 68.4 Å². The molecule has 0 aliphatic rings. The van der Waals surface area contributed by atoms with E-state index in [4.69, 9.17) is 14.5 Å². The van der Waals surface area contributed by atoms with Gasteiger partial charge in [0.1, 0.15) is 11.6 Å². The van der Waals surface area contributed by atoms with Crippen LogP contribution in [0.15, 0.2) is 47.5 Å². The van der Waals surface area contributed by atoms with E-state index in [-0.39, 0.29) is 0 Å². The van der Waals surface area contributed by atoms with Gasteiger partial charge in [-0.15, -0.1) is 0 Å². The number of nitrogens with one attached hydrogen (secondary N) is 2. The summed E-state index contributed by atoms with van der Waals surface area (Å²) in [5, 5.41) is 6.75. The zero-order valence-corrected chi connectivity index (χ0v) is 17.9. The van der Waals surface area contributed by atoms with E-state index in [2.05, 4.69) is 15.6 Å². The molecule has 0 atom stereocenters. The molecule has 7 heteroatoms. The van der Waals surface area contributed by atoms with Crippen LogP contribution in [0, 0.1) is 0 Å². The Bertz CT molecular complexity index is 747. The number of anilines is 1. The number of guanidine groups is 1. The molecule has 0 amide bonds. The molecule has 29 heavy (non-hydrogen) atoms. The van der Waals surface area contributed by atoms with Gasteiger partial charge in [0.25, 0.3) is 0 Å². The molecule has 0 aliphatic carbocycles. The van der Waals surface area contributed by atoms with Gasteiger partial charge in [-0.3, -0.25) is 0 Å². The number of hydrogen-bond acceptors (Lipinski definition) is 5. The van der Waals surface area contributed by atoms with E-state index >= 15 is 0 Å². The van der Waals surface area contributed by atoms with Crippen molar-refractivity contribution in [3.63, 3.8) is 0 Å². The predicted molar refractivity (Wildman–Crippen MR) is 119 cm³/mol. The molecule has 0 spiro atoms. The number of aliphatic imine (C=N–C) groups is 1. The molecular formula is C22H33N5O2. The maximum atomic E-state index is 5.40. The lowest BCUT2D eigenvalue weighted by Gasteiger charge is -2.15. The summed E-state index contributed by atoms with van der Waals surface area (Å²) in [4.78, 5) is 11.4. The largest absolute Gasteiger partial charge is 0.497 e. The van der Waals surface area contributed by atoms with E-state index in [1.54, 1.807) is 7.11 Å². The summed E-state index contributed by atoms with van der Waals surface area (Å²) in [7, 11) is 5.64. The highest BCUT2D eigenvalue weighted by atomic mass is 16.5. The molecular weight excluding hydrogens is 366 g/mol. The molecule has 0 fully saturated rings. The van der Waals surface area contributed by atoms with Crippen LogP contribution in [0.2, 0.25) is 0 Å². The van der Waals surface area contributed by atoms with Crippen LogP contribution in [0.5, 0.6) is 5.75 Å². The molecule has 1 heterocycles. The van der Waals surface area contributed by atoms with E-state index in [9.17, 15) is 0 Å². The van der Waals surface area contributed by atoms with Crippen molar-refractivity contribution in [2.75, 3.05) is 45.9 Å². The SMILES string of the molecule is CCOCCCNC(=NCc1ccc(OC)cc1)NCc1cccc(N(C)C)n1. The summed E-state index contributed by atoms with van der Waals surface area (Å²) in [5.41, 5.74) is 2.08. The monoisotopic (exact) mass is 399 g/mol. The smallest absolute Gasteiger partial charge is 0.191 e. The van der Waals surface area contributed by atoms with Gasteiger partial charge < -0.3 is 25.0 Å². The van der Waals surface area contributed by atoms with Crippen LogP contribution in [0.25, 0.3) is 0 Å².